The van der Waals surface area contributed by atoms with Crippen molar-refractivity contribution in [2.45, 2.75) is 38.2 Å². The zero-order valence-electron chi connectivity index (χ0n) is 21.7. The lowest BCUT2D eigenvalue weighted by Crippen LogP contribution is -2.54. The number of para-hydroxylation sites is 2. The number of ether oxygens (including phenoxy) is 2. The minimum Gasteiger partial charge on any atom is -0.485 e. The van der Waals surface area contributed by atoms with E-state index in [0.717, 1.165) is 17.2 Å². The standard InChI is InChI=1S/C34H26BNO2/c1-34(2,3)19-15-16-28-25(17-19)35-31-24(18-29-30(33(31)38-28)23-10-5-7-14-27(23)37-29)22-12-8-11-21-20-9-4-6-13-26(20)36(35)32(21)22/h4-18,23,27H,1-3H3. The molecule has 0 amide bonds. The van der Waals surface area contributed by atoms with E-state index in [1.807, 2.05) is 0 Å². The highest BCUT2D eigenvalue weighted by Gasteiger charge is 2.46. The monoisotopic (exact) mass is 491 g/mol. The molecule has 0 saturated heterocycles. The molecular formula is C34H26BNO2. The molecule has 182 valence electrons. The van der Waals surface area contributed by atoms with E-state index in [4.69, 9.17) is 9.47 Å². The van der Waals surface area contributed by atoms with E-state index in [-0.39, 0.29) is 24.3 Å². The molecule has 4 heterocycles. The summed E-state index contributed by atoms with van der Waals surface area (Å²) in [6, 6.07) is 24.7. The Morgan fingerprint density at radius 1 is 0.816 bits per heavy atom. The zero-order chi connectivity index (χ0) is 25.3. The fourth-order valence-electron chi connectivity index (χ4n) is 7.18. The summed E-state index contributed by atoms with van der Waals surface area (Å²) in [6.45, 7) is 6.87. The SMILES string of the molecule is CC(C)(C)c1ccc2c(c1)B1c3c(cc4c(c3O2)C2C=CC=CC2O4)-c2cccc3c4ccccc4n1c23. The molecule has 0 N–H and O–H groups in total. The molecule has 2 unspecified atom stereocenters. The maximum Gasteiger partial charge on any atom is 0.336 e. The van der Waals surface area contributed by atoms with Gasteiger partial charge < -0.3 is 14.0 Å². The zero-order valence-corrected chi connectivity index (χ0v) is 21.7. The minimum absolute atomic E-state index is 0.0114. The van der Waals surface area contributed by atoms with Gasteiger partial charge in [-0.1, -0.05) is 87.5 Å². The van der Waals surface area contributed by atoms with E-state index in [2.05, 4.69) is 116 Å². The van der Waals surface area contributed by atoms with Crippen LogP contribution < -0.4 is 20.4 Å². The molecule has 9 rings (SSSR count). The van der Waals surface area contributed by atoms with Crippen LogP contribution in [0.5, 0.6) is 17.2 Å². The second-order valence-electron chi connectivity index (χ2n) is 12.1. The Bertz CT molecular complexity index is 1940. The van der Waals surface area contributed by atoms with Crippen LogP contribution in [0, 0.1) is 0 Å². The molecule has 1 aliphatic carbocycles. The van der Waals surface area contributed by atoms with Crippen molar-refractivity contribution in [2.75, 3.05) is 0 Å². The summed E-state index contributed by atoms with van der Waals surface area (Å²) in [5.41, 5.74) is 10.1. The molecule has 0 radical (unpaired) electrons. The average Bonchev–Trinajstić information content (AvgIpc) is 3.46. The van der Waals surface area contributed by atoms with Crippen LogP contribution in [0.25, 0.3) is 32.9 Å². The summed E-state index contributed by atoms with van der Waals surface area (Å²) in [5.74, 6) is 3.02. The molecular weight excluding hydrogens is 465 g/mol. The molecule has 4 heteroatoms. The van der Waals surface area contributed by atoms with Crippen molar-refractivity contribution in [1.29, 1.82) is 0 Å². The lowest BCUT2D eigenvalue weighted by atomic mass is 9.45. The Morgan fingerprint density at radius 2 is 1.66 bits per heavy atom. The van der Waals surface area contributed by atoms with E-state index in [0.29, 0.717) is 0 Å². The van der Waals surface area contributed by atoms with Gasteiger partial charge in [0.05, 0.1) is 5.92 Å². The summed E-state index contributed by atoms with van der Waals surface area (Å²) in [6.07, 6.45) is 8.66. The normalized spacial score (nSPS) is 19.6. The third kappa shape index (κ3) is 2.46. The van der Waals surface area contributed by atoms with Crippen LogP contribution in [0.2, 0.25) is 0 Å². The first-order valence-electron chi connectivity index (χ1n) is 13.6. The molecule has 3 aliphatic heterocycles. The second-order valence-corrected chi connectivity index (χ2v) is 12.1. The highest BCUT2D eigenvalue weighted by atomic mass is 16.5. The largest absolute Gasteiger partial charge is 0.485 e. The van der Waals surface area contributed by atoms with Crippen LogP contribution in [0.1, 0.15) is 37.8 Å². The van der Waals surface area contributed by atoms with E-state index in [9.17, 15) is 0 Å². The van der Waals surface area contributed by atoms with Crippen LogP contribution >= 0.6 is 0 Å². The molecule has 0 spiro atoms. The lowest BCUT2D eigenvalue weighted by Gasteiger charge is -2.35. The van der Waals surface area contributed by atoms with Gasteiger partial charge in [-0.15, -0.1) is 0 Å². The summed E-state index contributed by atoms with van der Waals surface area (Å²) in [5, 5.41) is 2.59. The molecule has 0 bridgehead atoms. The maximum atomic E-state index is 6.93. The Hall–Kier alpha value is -4.18. The number of allylic oxidation sites excluding steroid dienone is 2. The number of fused-ring (bicyclic) bond motifs is 11. The molecule has 0 saturated carbocycles. The molecule has 38 heavy (non-hydrogen) atoms. The van der Waals surface area contributed by atoms with Gasteiger partial charge in [0, 0.05) is 38.4 Å². The summed E-state index contributed by atoms with van der Waals surface area (Å²) in [4.78, 5) is 0. The summed E-state index contributed by atoms with van der Waals surface area (Å²) in [7, 11) is 0. The fraction of sp³-hybridized carbons (Fsp3) is 0.176. The fourth-order valence-corrected chi connectivity index (χ4v) is 7.18. The van der Waals surface area contributed by atoms with E-state index in [1.165, 1.54) is 55.0 Å². The van der Waals surface area contributed by atoms with Crippen molar-refractivity contribution >= 4 is 39.6 Å². The predicted octanol–water partition coefficient (Wildman–Crippen LogP) is 6.80. The van der Waals surface area contributed by atoms with E-state index in [1.54, 1.807) is 0 Å². The van der Waals surface area contributed by atoms with Crippen LogP contribution in [0.4, 0.5) is 0 Å². The van der Waals surface area contributed by atoms with Crippen LogP contribution in [-0.4, -0.2) is 17.4 Å². The molecule has 0 fully saturated rings. The smallest absolute Gasteiger partial charge is 0.336 e. The van der Waals surface area contributed by atoms with Gasteiger partial charge in [0.25, 0.3) is 0 Å². The van der Waals surface area contributed by atoms with Crippen molar-refractivity contribution in [3.05, 3.63) is 102 Å². The van der Waals surface area contributed by atoms with Gasteiger partial charge in [-0.2, -0.15) is 0 Å². The minimum atomic E-state index is 0.0114. The van der Waals surface area contributed by atoms with Gasteiger partial charge in [-0.25, -0.2) is 0 Å². The first-order chi connectivity index (χ1) is 18.5. The van der Waals surface area contributed by atoms with Crippen molar-refractivity contribution < 1.29 is 9.47 Å². The number of hydrogen-bond donors (Lipinski definition) is 0. The van der Waals surface area contributed by atoms with Gasteiger partial charge in [0.15, 0.2) is 0 Å². The Balaban J connectivity index is 1.45. The van der Waals surface area contributed by atoms with Gasteiger partial charge in [-0.3, -0.25) is 0 Å². The maximum absolute atomic E-state index is 6.93. The highest BCUT2D eigenvalue weighted by molar-refractivity contribution is 6.88. The van der Waals surface area contributed by atoms with Crippen molar-refractivity contribution in [3.8, 4) is 28.4 Å². The van der Waals surface area contributed by atoms with Crippen molar-refractivity contribution in [1.82, 2.24) is 4.48 Å². The Labute approximate surface area is 222 Å². The lowest BCUT2D eigenvalue weighted by molar-refractivity contribution is 0.269. The average molecular weight is 491 g/mol. The number of aromatic nitrogens is 1. The van der Waals surface area contributed by atoms with Gasteiger partial charge in [-0.05, 0) is 46.3 Å². The first kappa shape index (κ1) is 20.8. The van der Waals surface area contributed by atoms with Crippen molar-refractivity contribution in [2.24, 2.45) is 0 Å². The summed E-state index contributed by atoms with van der Waals surface area (Å²) >= 11 is 0. The summed E-state index contributed by atoms with van der Waals surface area (Å²) < 4.78 is 16.1. The quantitative estimate of drug-likeness (QED) is 0.218. The number of rotatable bonds is 0. The highest BCUT2D eigenvalue weighted by Crippen LogP contribution is 2.52. The topological polar surface area (TPSA) is 23.4 Å². The van der Waals surface area contributed by atoms with Crippen LogP contribution in [-0.2, 0) is 5.41 Å². The third-order valence-corrected chi connectivity index (χ3v) is 8.94. The number of nitrogens with zero attached hydrogens (tertiary/aromatic N) is 1. The molecule has 4 aromatic carbocycles. The van der Waals surface area contributed by atoms with Crippen LogP contribution in [0.15, 0.2) is 91.0 Å². The number of benzene rings is 4. The van der Waals surface area contributed by atoms with E-state index >= 15 is 0 Å². The third-order valence-electron chi connectivity index (χ3n) is 8.94. The van der Waals surface area contributed by atoms with E-state index < -0.39 is 0 Å². The molecule has 4 aliphatic rings. The molecule has 2 atom stereocenters. The van der Waals surface area contributed by atoms with Gasteiger partial charge in [0.2, 0.25) is 0 Å². The molecule has 1 aromatic heterocycles. The van der Waals surface area contributed by atoms with Gasteiger partial charge in [0.1, 0.15) is 23.4 Å². The Morgan fingerprint density at radius 3 is 2.55 bits per heavy atom. The second kappa shape index (κ2) is 6.82. The first-order valence-corrected chi connectivity index (χ1v) is 13.6. The molecule has 5 aromatic rings. The molecule has 3 nitrogen and oxygen atoms in total. The number of hydrogen-bond acceptors (Lipinski definition) is 2. The van der Waals surface area contributed by atoms with Crippen molar-refractivity contribution in [3.63, 3.8) is 0 Å². The van der Waals surface area contributed by atoms with Gasteiger partial charge >= 0.3 is 6.85 Å². The predicted molar refractivity (Wildman–Crippen MR) is 156 cm³/mol. The Kier molecular flexibility index (Phi) is 3.74. The van der Waals surface area contributed by atoms with Crippen LogP contribution in [0.3, 0.4) is 0 Å².